The molecule has 0 saturated carbocycles. The van der Waals surface area contributed by atoms with Crippen LogP contribution in [0.5, 0.6) is 5.75 Å². The Balaban J connectivity index is 2.34. The minimum Gasteiger partial charge on any atom is -0.496 e. The minimum atomic E-state index is -0.564. The zero-order valence-corrected chi connectivity index (χ0v) is 14.8. The summed E-state index contributed by atoms with van der Waals surface area (Å²) in [5.41, 5.74) is 2.20. The van der Waals surface area contributed by atoms with Crippen LogP contribution >= 0.6 is 11.6 Å². The smallest absolute Gasteiger partial charge is 0.341 e. The Morgan fingerprint density at radius 3 is 2.52 bits per heavy atom. The summed E-state index contributed by atoms with van der Waals surface area (Å²) in [6.07, 6.45) is 0. The second kappa shape index (κ2) is 6.61. The molecule has 1 heterocycles. The van der Waals surface area contributed by atoms with Crippen molar-refractivity contribution in [1.29, 1.82) is 0 Å². The highest BCUT2D eigenvalue weighted by Crippen LogP contribution is 2.31. The number of aryl methyl sites for hydroxylation is 1. The molecule has 2 aromatic carbocycles. The van der Waals surface area contributed by atoms with Crippen LogP contribution in [0.1, 0.15) is 15.9 Å². The molecule has 0 N–H and O–H groups in total. The van der Waals surface area contributed by atoms with Crippen molar-refractivity contribution in [3.05, 3.63) is 69.0 Å². The van der Waals surface area contributed by atoms with Gasteiger partial charge in [-0.3, -0.25) is 9.36 Å². The van der Waals surface area contributed by atoms with Gasteiger partial charge in [-0.25, -0.2) is 4.79 Å². The van der Waals surface area contributed by atoms with Crippen LogP contribution in [0, 0.1) is 6.92 Å². The van der Waals surface area contributed by atoms with Crippen molar-refractivity contribution < 1.29 is 14.3 Å². The quantitative estimate of drug-likeness (QED) is 0.670. The van der Waals surface area contributed by atoms with Gasteiger partial charge >= 0.3 is 5.97 Å². The third-order valence-corrected chi connectivity index (χ3v) is 4.27. The highest BCUT2D eigenvalue weighted by atomic mass is 35.5. The summed E-state index contributed by atoms with van der Waals surface area (Å²) in [5, 5.41) is 1.16. The first kappa shape index (κ1) is 17.0. The number of pyridine rings is 1. The number of ether oxygens (including phenoxy) is 2. The summed E-state index contributed by atoms with van der Waals surface area (Å²) < 4.78 is 11.5. The normalized spacial score (nSPS) is 10.7. The number of esters is 1. The van der Waals surface area contributed by atoms with Crippen LogP contribution in [0.4, 0.5) is 0 Å². The number of carbonyl (C=O) groups is 1. The van der Waals surface area contributed by atoms with Crippen LogP contribution in [-0.4, -0.2) is 24.8 Å². The molecular formula is C19H16ClNO4. The van der Waals surface area contributed by atoms with Crippen LogP contribution in [0.3, 0.4) is 0 Å². The van der Waals surface area contributed by atoms with Gasteiger partial charge in [-0.15, -0.1) is 0 Å². The largest absolute Gasteiger partial charge is 0.496 e. The lowest BCUT2D eigenvalue weighted by Gasteiger charge is -2.15. The molecule has 0 unspecified atom stereocenters. The number of fused-ring (bicyclic) bond motifs is 1. The number of hydrogen-bond donors (Lipinski definition) is 0. The van der Waals surface area contributed by atoms with Crippen molar-refractivity contribution in [1.82, 2.24) is 4.57 Å². The van der Waals surface area contributed by atoms with Crippen LogP contribution in [0.2, 0.25) is 5.02 Å². The topological polar surface area (TPSA) is 57.5 Å². The van der Waals surface area contributed by atoms with Crippen molar-refractivity contribution in [3.8, 4) is 11.4 Å². The van der Waals surface area contributed by atoms with Crippen molar-refractivity contribution in [3.63, 3.8) is 0 Å². The molecule has 0 atom stereocenters. The number of hydrogen-bond acceptors (Lipinski definition) is 4. The highest BCUT2D eigenvalue weighted by molar-refractivity contribution is 6.33. The van der Waals surface area contributed by atoms with Gasteiger partial charge in [0.05, 0.1) is 30.4 Å². The maximum Gasteiger partial charge on any atom is 0.341 e. The molecule has 3 rings (SSSR count). The van der Waals surface area contributed by atoms with Crippen molar-refractivity contribution >= 4 is 28.5 Å². The van der Waals surface area contributed by atoms with Crippen LogP contribution in [-0.2, 0) is 4.74 Å². The zero-order valence-electron chi connectivity index (χ0n) is 14.0. The van der Waals surface area contributed by atoms with Gasteiger partial charge < -0.3 is 9.47 Å². The molecule has 0 fully saturated rings. The Morgan fingerprint density at radius 2 is 1.84 bits per heavy atom. The maximum absolute atomic E-state index is 12.5. The molecule has 6 heteroatoms. The van der Waals surface area contributed by atoms with E-state index in [1.165, 1.54) is 30.9 Å². The first-order valence-electron chi connectivity index (χ1n) is 7.55. The Morgan fingerprint density at radius 1 is 1.08 bits per heavy atom. The van der Waals surface area contributed by atoms with E-state index in [2.05, 4.69) is 0 Å². The first-order chi connectivity index (χ1) is 12.0. The molecule has 0 amide bonds. The number of rotatable bonds is 3. The molecule has 1 aromatic heterocycles. The van der Waals surface area contributed by atoms with Gasteiger partial charge in [-0.1, -0.05) is 23.2 Å². The van der Waals surface area contributed by atoms with E-state index in [1.807, 2.05) is 25.1 Å². The zero-order chi connectivity index (χ0) is 18.1. The van der Waals surface area contributed by atoms with Crippen LogP contribution in [0.15, 0.2) is 47.3 Å². The molecule has 0 aliphatic heterocycles. The van der Waals surface area contributed by atoms with E-state index in [-0.39, 0.29) is 21.9 Å². The average Bonchev–Trinajstić information content (AvgIpc) is 2.61. The van der Waals surface area contributed by atoms with E-state index in [0.29, 0.717) is 11.2 Å². The van der Waals surface area contributed by atoms with E-state index in [4.69, 9.17) is 21.1 Å². The molecule has 0 aliphatic carbocycles. The predicted octanol–water partition coefficient (Wildman–Crippen LogP) is 3.75. The Labute approximate surface area is 149 Å². The predicted molar refractivity (Wildman–Crippen MR) is 97.2 cm³/mol. The molecule has 128 valence electrons. The maximum atomic E-state index is 12.5. The van der Waals surface area contributed by atoms with E-state index < -0.39 is 5.97 Å². The number of aromatic nitrogens is 1. The molecule has 3 aromatic rings. The molecule has 0 saturated heterocycles. The Kier molecular flexibility index (Phi) is 4.51. The van der Waals surface area contributed by atoms with Gasteiger partial charge in [0.1, 0.15) is 11.3 Å². The molecule has 0 radical (unpaired) electrons. The van der Waals surface area contributed by atoms with Gasteiger partial charge in [0.15, 0.2) is 0 Å². The Bertz CT molecular complexity index is 1040. The number of benzene rings is 2. The highest BCUT2D eigenvalue weighted by Gasteiger charge is 2.18. The van der Waals surface area contributed by atoms with Crippen LogP contribution < -0.4 is 10.3 Å². The fourth-order valence-corrected chi connectivity index (χ4v) is 3.01. The second-order valence-electron chi connectivity index (χ2n) is 5.56. The fraction of sp³-hybridized carbons (Fsp3) is 0.158. The van der Waals surface area contributed by atoms with Gasteiger partial charge in [-0.05, 0) is 36.6 Å². The molecule has 25 heavy (non-hydrogen) atoms. The SMILES string of the molecule is COC(=O)c1cc(Cl)c(-n2c(=O)ccc3cc(C)ccc32)cc1OC. The Hall–Kier alpha value is -2.79. The number of halogens is 1. The summed E-state index contributed by atoms with van der Waals surface area (Å²) in [7, 11) is 2.72. The number of carbonyl (C=O) groups excluding carboxylic acids is 1. The molecule has 5 nitrogen and oxygen atoms in total. The summed E-state index contributed by atoms with van der Waals surface area (Å²) in [6, 6.07) is 12.0. The van der Waals surface area contributed by atoms with Gasteiger partial charge in [-0.2, -0.15) is 0 Å². The van der Waals surface area contributed by atoms with Gasteiger partial charge in [0, 0.05) is 12.1 Å². The molecule has 0 bridgehead atoms. The fourth-order valence-electron chi connectivity index (χ4n) is 2.77. The lowest BCUT2D eigenvalue weighted by atomic mass is 10.1. The van der Waals surface area contributed by atoms with Crippen molar-refractivity contribution in [2.75, 3.05) is 14.2 Å². The number of nitrogens with zero attached hydrogens (tertiary/aromatic N) is 1. The second-order valence-corrected chi connectivity index (χ2v) is 5.97. The monoisotopic (exact) mass is 357 g/mol. The van der Waals surface area contributed by atoms with E-state index >= 15 is 0 Å². The summed E-state index contributed by atoms with van der Waals surface area (Å²) in [5.74, 6) is -0.284. The lowest BCUT2D eigenvalue weighted by molar-refractivity contribution is 0.0597. The first-order valence-corrected chi connectivity index (χ1v) is 7.92. The summed E-state index contributed by atoms with van der Waals surface area (Å²) >= 11 is 6.37. The van der Waals surface area contributed by atoms with Gasteiger partial charge in [0.2, 0.25) is 0 Å². The van der Waals surface area contributed by atoms with E-state index in [1.54, 1.807) is 12.1 Å². The lowest BCUT2D eigenvalue weighted by Crippen LogP contribution is -2.18. The molecule has 0 spiro atoms. The van der Waals surface area contributed by atoms with E-state index in [0.717, 1.165) is 10.9 Å². The summed E-state index contributed by atoms with van der Waals surface area (Å²) in [4.78, 5) is 24.4. The average molecular weight is 358 g/mol. The molecule has 0 aliphatic rings. The van der Waals surface area contributed by atoms with E-state index in [9.17, 15) is 9.59 Å². The van der Waals surface area contributed by atoms with Gasteiger partial charge in [0.25, 0.3) is 5.56 Å². The van der Waals surface area contributed by atoms with Crippen molar-refractivity contribution in [2.45, 2.75) is 6.92 Å². The standard InChI is InChI=1S/C19H16ClNO4/c1-11-4-6-15-12(8-11)5-7-18(22)21(15)16-10-17(24-2)13(9-14(16)20)19(23)25-3/h4-10H,1-3H3. The third kappa shape index (κ3) is 2.98. The molecular weight excluding hydrogens is 342 g/mol. The van der Waals surface area contributed by atoms with Crippen LogP contribution in [0.25, 0.3) is 16.6 Å². The third-order valence-electron chi connectivity index (χ3n) is 3.96. The van der Waals surface area contributed by atoms with Crippen molar-refractivity contribution in [2.24, 2.45) is 0 Å². The summed E-state index contributed by atoms with van der Waals surface area (Å²) in [6.45, 7) is 1.98. The minimum absolute atomic E-state index is 0.197. The number of methoxy groups -OCH3 is 2.